The van der Waals surface area contributed by atoms with Gasteiger partial charge in [0.05, 0.1) is 6.42 Å². The van der Waals surface area contributed by atoms with Crippen LogP contribution >= 0.6 is 15.9 Å². The SMILES string of the molecule is CC(C)c1ccc(Cn2c(C(=O)N3CCCC3)c(CC(=O)O)c3cc(Br)ccc32)cc1. The van der Waals surface area contributed by atoms with E-state index >= 15 is 0 Å². The van der Waals surface area contributed by atoms with E-state index in [1.165, 1.54) is 5.56 Å². The van der Waals surface area contributed by atoms with E-state index in [1.54, 1.807) is 0 Å². The molecular formula is C25H27BrN2O3. The Bertz CT molecular complexity index is 1130. The molecule has 3 aromatic rings. The van der Waals surface area contributed by atoms with E-state index in [2.05, 4.69) is 54.0 Å². The molecule has 2 aromatic carbocycles. The van der Waals surface area contributed by atoms with Gasteiger partial charge in [-0.2, -0.15) is 0 Å². The Labute approximate surface area is 190 Å². The van der Waals surface area contributed by atoms with Gasteiger partial charge in [-0.25, -0.2) is 0 Å². The number of aromatic nitrogens is 1. The molecule has 6 heteroatoms. The number of carbonyl (C=O) groups excluding carboxylic acids is 1. The van der Waals surface area contributed by atoms with E-state index in [1.807, 2.05) is 27.7 Å². The van der Waals surface area contributed by atoms with Gasteiger partial charge in [-0.15, -0.1) is 0 Å². The van der Waals surface area contributed by atoms with Crippen LogP contribution in [0.4, 0.5) is 0 Å². The Morgan fingerprint density at radius 2 is 1.74 bits per heavy atom. The van der Waals surface area contributed by atoms with Crippen molar-refractivity contribution in [3.63, 3.8) is 0 Å². The highest BCUT2D eigenvalue weighted by atomic mass is 79.9. The number of carboxylic acids is 1. The minimum atomic E-state index is -0.934. The van der Waals surface area contributed by atoms with E-state index in [-0.39, 0.29) is 12.3 Å². The van der Waals surface area contributed by atoms with Crippen LogP contribution in [0.1, 0.15) is 59.8 Å². The number of carbonyl (C=O) groups is 2. The number of carboxylic acid groups (broad SMARTS) is 1. The van der Waals surface area contributed by atoms with E-state index in [0.29, 0.717) is 23.7 Å². The van der Waals surface area contributed by atoms with Gasteiger partial charge < -0.3 is 14.6 Å². The van der Waals surface area contributed by atoms with Crippen molar-refractivity contribution >= 4 is 38.7 Å². The Kier molecular flexibility index (Phi) is 6.19. The summed E-state index contributed by atoms with van der Waals surface area (Å²) in [5.41, 5.74) is 4.34. The van der Waals surface area contributed by atoms with Crippen molar-refractivity contribution in [1.29, 1.82) is 0 Å². The summed E-state index contributed by atoms with van der Waals surface area (Å²) in [6.07, 6.45) is 1.80. The van der Waals surface area contributed by atoms with E-state index < -0.39 is 5.97 Å². The topological polar surface area (TPSA) is 62.5 Å². The summed E-state index contributed by atoms with van der Waals surface area (Å²) in [5.74, 6) is -0.552. The highest BCUT2D eigenvalue weighted by Gasteiger charge is 2.29. The number of halogens is 1. The molecule has 0 saturated carbocycles. The van der Waals surface area contributed by atoms with Gasteiger partial charge in [-0.1, -0.05) is 54.0 Å². The fourth-order valence-corrected chi connectivity index (χ4v) is 4.76. The van der Waals surface area contributed by atoms with Gasteiger partial charge in [0.2, 0.25) is 0 Å². The van der Waals surface area contributed by atoms with Gasteiger partial charge in [0.1, 0.15) is 5.69 Å². The van der Waals surface area contributed by atoms with Crippen molar-refractivity contribution in [3.8, 4) is 0 Å². The van der Waals surface area contributed by atoms with Crippen molar-refractivity contribution in [3.05, 3.63) is 69.3 Å². The number of hydrogen-bond acceptors (Lipinski definition) is 2. The highest BCUT2D eigenvalue weighted by Crippen LogP contribution is 2.32. The first-order valence-electron chi connectivity index (χ1n) is 10.8. The third-order valence-corrected chi connectivity index (χ3v) is 6.53. The van der Waals surface area contributed by atoms with Gasteiger partial charge in [0.25, 0.3) is 5.91 Å². The minimum absolute atomic E-state index is 0.0696. The molecule has 1 amide bonds. The Hall–Kier alpha value is -2.60. The molecule has 162 valence electrons. The fraction of sp³-hybridized carbons (Fsp3) is 0.360. The molecule has 0 unspecified atom stereocenters. The zero-order valence-corrected chi connectivity index (χ0v) is 19.5. The first-order chi connectivity index (χ1) is 14.8. The number of nitrogens with zero attached hydrogens (tertiary/aromatic N) is 2. The van der Waals surface area contributed by atoms with Crippen LogP contribution in [0.2, 0.25) is 0 Å². The van der Waals surface area contributed by atoms with Crippen LogP contribution in [-0.2, 0) is 17.8 Å². The first kappa shape index (κ1) is 21.6. The average molecular weight is 483 g/mol. The summed E-state index contributed by atoms with van der Waals surface area (Å²) < 4.78 is 2.87. The number of rotatable bonds is 6. The molecule has 1 aliphatic heterocycles. The summed E-state index contributed by atoms with van der Waals surface area (Å²) in [6.45, 7) is 6.29. The van der Waals surface area contributed by atoms with Crippen molar-refractivity contribution in [2.45, 2.75) is 45.6 Å². The van der Waals surface area contributed by atoms with Crippen molar-refractivity contribution in [2.24, 2.45) is 0 Å². The highest BCUT2D eigenvalue weighted by molar-refractivity contribution is 9.10. The summed E-state index contributed by atoms with van der Waals surface area (Å²) in [6, 6.07) is 14.3. The average Bonchev–Trinajstić information content (AvgIpc) is 3.35. The number of aliphatic carboxylic acids is 1. The normalized spacial score (nSPS) is 14.0. The number of likely N-dealkylation sites (tertiary alicyclic amines) is 1. The van der Waals surface area contributed by atoms with Crippen LogP contribution in [0.15, 0.2) is 46.9 Å². The lowest BCUT2D eigenvalue weighted by molar-refractivity contribution is -0.136. The van der Waals surface area contributed by atoms with Gasteiger partial charge in [0, 0.05) is 40.6 Å². The van der Waals surface area contributed by atoms with Crippen LogP contribution in [0, 0.1) is 0 Å². The molecule has 2 heterocycles. The maximum absolute atomic E-state index is 13.6. The maximum atomic E-state index is 13.6. The van der Waals surface area contributed by atoms with Crippen molar-refractivity contribution in [1.82, 2.24) is 9.47 Å². The molecule has 1 saturated heterocycles. The van der Waals surface area contributed by atoms with E-state index in [4.69, 9.17) is 0 Å². The molecule has 0 spiro atoms. The quantitative estimate of drug-likeness (QED) is 0.508. The molecule has 0 bridgehead atoms. The number of hydrogen-bond donors (Lipinski definition) is 1. The Balaban J connectivity index is 1.87. The van der Waals surface area contributed by atoms with Crippen LogP contribution in [0.25, 0.3) is 10.9 Å². The smallest absolute Gasteiger partial charge is 0.307 e. The van der Waals surface area contributed by atoms with Crippen LogP contribution in [0.5, 0.6) is 0 Å². The largest absolute Gasteiger partial charge is 0.481 e. The third-order valence-electron chi connectivity index (χ3n) is 6.04. The molecule has 1 N–H and O–H groups in total. The summed E-state index contributed by atoms with van der Waals surface area (Å²) in [5, 5.41) is 10.4. The van der Waals surface area contributed by atoms with Gasteiger partial charge in [-0.3, -0.25) is 9.59 Å². The van der Waals surface area contributed by atoms with Gasteiger partial charge in [0.15, 0.2) is 0 Å². The zero-order chi connectivity index (χ0) is 22.1. The molecule has 0 radical (unpaired) electrons. The monoisotopic (exact) mass is 482 g/mol. The predicted octanol–water partition coefficient (Wildman–Crippen LogP) is 5.44. The Morgan fingerprint density at radius 3 is 2.35 bits per heavy atom. The van der Waals surface area contributed by atoms with Gasteiger partial charge in [-0.05, 0) is 48.1 Å². The third kappa shape index (κ3) is 4.40. The number of fused-ring (bicyclic) bond motifs is 1. The number of benzene rings is 2. The van der Waals surface area contributed by atoms with Crippen molar-refractivity contribution < 1.29 is 14.7 Å². The van der Waals surface area contributed by atoms with Gasteiger partial charge >= 0.3 is 5.97 Å². The predicted molar refractivity (Wildman–Crippen MR) is 126 cm³/mol. The summed E-state index contributed by atoms with van der Waals surface area (Å²) in [4.78, 5) is 27.1. The first-order valence-corrected chi connectivity index (χ1v) is 11.5. The lowest BCUT2D eigenvalue weighted by Gasteiger charge is -2.19. The standard InChI is InChI=1S/C25H27BrN2O3/c1-16(2)18-7-5-17(6-8-18)15-28-22-10-9-19(26)13-20(22)21(14-23(29)30)24(28)25(31)27-11-3-4-12-27/h5-10,13,16H,3-4,11-12,14-15H2,1-2H3,(H,29,30). The molecule has 1 aromatic heterocycles. The molecule has 1 aliphatic rings. The van der Waals surface area contributed by atoms with E-state index in [0.717, 1.165) is 46.9 Å². The second-order valence-electron chi connectivity index (χ2n) is 8.54. The summed E-state index contributed by atoms with van der Waals surface area (Å²) in [7, 11) is 0. The molecule has 5 nitrogen and oxygen atoms in total. The molecule has 1 fully saturated rings. The number of amides is 1. The molecular weight excluding hydrogens is 456 g/mol. The minimum Gasteiger partial charge on any atom is -0.481 e. The molecule has 0 atom stereocenters. The fourth-order valence-electron chi connectivity index (χ4n) is 4.40. The maximum Gasteiger partial charge on any atom is 0.307 e. The molecule has 31 heavy (non-hydrogen) atoms. The lowest BCUT2D eigenvalue weighted by Crippen LogP contribution is -2.31. The van der Waals surface area contributed by atoms with Crippen LogP contribution in [-0.4, -0.2) is 39.5 Å². The molecule has 0 aliphatic carbocycles. The molecule has 4 rings (SSSR count). The van der Waals surface area contributed by atoms with Crippen LogP contribution in [0.3, 0.4) is 0 Å². The lowest BCUT2D eigenvalue weighted by atomic mass is 10.0. The van der Waals surface area contributed by atoms with E-state index in [9.17, 15) is 14.7 Å². The summed E-state index contributed by atoms with van der Waals surface area (Å²) >= 11 is 3.51. The zero-order valence-electron chi connectivity index (χ0n) is 17.9. The van der Waals surface area contributed by atoms with Crippen molar-refractivity contribution in [2.75, 3.05) is 13.1 Å². The second-order valence-corrected chi connectivity index (χ2v) is 9.46. The van der Waals surface area contributed by atoms with Crippen LogP contribution < -0.4 is 0 Å². The Morgan fingerprint density at radius 1 is 1.06 bits per heavy atom. The second kappa shape index (κ2) is 8.87.